The van der Waals surface area contributed by atoms with E-state index in [4.69, 9.17) is 9.47 Å². The van der Waals surface area contributed by atoms with Gasteiger partial charge >= 0.3 is 11.9 Å². The zero-order valence-electron chi connectivity index (χ0n) is 25.5. The Bertz CT molecular complexity index is 874. The van der Waals surface area contributed by atoms with Gasteiger partial charge in [0.1, 0.15) is 6.10 Å². The van der Waals surface area contributed by atoms with Crippen molar-refractivity contribution in [1.29, 1.82) is 0 Å². The maximum atomic E-state index is 12.5. The number of hydrogen-bond acceptors (Lipinski definition) is 4. The van der Waals surface area contributed by atoms with Gasteiger partial charge in [0.15, 0.2) is 0 Å². The molecule has 0 amide bonds. The summed E-state index contributed by atoms with van der Waals surface area (Å²) >= 11 is 0. The van der Waals surface area contributed by atoms with E-state index in [2.05, 4.69) is 40.7 Å². The summed E-state index contributed by atoms with van der Waals surface area (Å²) in [6.45, 7) is 16.1. The van der Waals surface area contributed by atoms with E-state index >= 15 is 0 Å². The fourth-order valence-electron chi connectivity index (χ4n) is 9.52. The van der Waals surface area contributed by atoms with Crippen LogP contribution in [0.15, 0.2) is 11.6 Å². The Morgan fingerprint density at radius 2 is 1.66 bits per heavy atom. The van der Waals surface area contributed by atoms with Crippen molar-refractivity contribution in [2.75, 3.05) is 0 Å². The summed E-state index contributed by atoms with van der Waals surface area (Å²) in [5.74, 6) is 4.45. The molecule has 0 spiro atoms. The Kier molecular flexibility index (Phi) is 9.40. The highest BCUT2D eigenvalue weighted by molar-refractivity contribution is 5.77. The molecular weight excluding hydrogens is 472 g/mol. The number of carbonyl (C=O) groups excluding carboxylic acids is 2. The van der Waals surface area contributed by atoms with Crippen molar-refractivity contribution in [2.45, 2.75) is 144 Å². The zero-order valence-corrected chi connectivity index (χ0v) is 25.5. The number of esters is 2. The first-order valence-corrected chi connectivity index (χ1v) is 16.0. The van der Waals surface area contributed by atoms with Gasteiger partial charge in [-0.2, -0.15) is 0 Å². The van der Waals surface area contributed by atoms with E-state index in [0.29, 0.717) is 5.41 Å². The van der Waals surface area contributed by atoms with Gasteiger partial charge in [0.05, 0.1) is 18.9 Å². The average Bonchev–Trinajstić information content (AvgIpc) is 3.19. The molecule has 0 heterocycles. The average molecular weight is 529 g/mol. The Morgan fingerprint density at radius 3 is 2.37 bits per heavy atom. The number of allylic oxidation sites excluding steroid dienone is 1. The SMILES string of the molecule is CC(C)CCCC(C)C1CCC2C3CC=C4C[C@@H](OC(=O)CCC(=O)OC(C)C)CC[C@]4(C)C3CC[C@]12C. The smallest absolute Gasteiger partial charge is 0.306 e. The lowest BCUT2D eigenvalue weighted by Gasteiger charge is -2.58. The highest BCUT2D eigenvalue weighted by atomic mass is 16.5. The molecule has 0 aromatic carbocycles. The molecular formula is C34H56O4. The first-order valence-electron chi connectivity index (χ1n) is 16.0. The third-order valence-corrected chi connectivity index (χ3v) is 11.5. The normalized spacial score (nSPS) is 37.2. The van der Waals surface area contributed by atoms with Gasteiger partial charge in [0.2, 0.25) is 0 Å². The summed E-state index contributed by atoms with van der Waals surface area (Å²) in [6.07, 6.45) is 16.5. The molecule has 4 aliphatic carbocycles. The molecule has 4 rings (SSSR count). The summed E-state index contributed by atoms with van der Waals surface area (Å²) < 4.78 is 11.0. The predicted octanol–water partition coefficient (Wildman–Crippen LogP) is 8.67. The molecule has 8 atom stereocenters. The van der Waals surface area contributed by atoms with Crippen LogP contribution in [0.3, 0.4) is 0 Å². The topological polar surface area (TPSA) is 52.6 Å². The van der Waals surface area contributed by atoms with Crippen molar-refractivity contribution in [2.24, 2.45) is 46.3 Å². The maximum Gasteiger partial charge on any atom is 0.306 e. The molecule has 216 valence electrons. The summed E-state index contributed by atoms with van der Waals surface area (Å²) in [6, 6.07) is 0. The van der Waals surface area contributed by atoms with Crippen LogP contribution in [0.25, 0.3) is 0 Å². The van der Waals surface area contributed by atoms with Gasteiger partial charge in [-0.05, 0) is 105 Å². The van der Waals surface area contributed by atoms with Crippen molar-refractivity contribution in [3.05, 3.63) is 11.6 Å². The van der Waals surface area contributed by atoms with E-state index in [9.17, 15) is 9.59 Å². The second-order valence-electron chi connectivity index (χ2n) is 14.7. The molecule has 0 saturated heterocycles. The van der Waals surface area contributed by atoms with E-state index < -0.39 is 0 Å². The third kappa shape index (κ3) is 6.20. The van der Waals surface area contributed by atoms with E-state index in [1.54, 1.807) is 5.57 Å². The molecule has 4 aliphatic rings. The molecule has 3 saturated carbocycles. The van der Waals surface area contributed by atoms with Crippen molar-refractivity contribution < 1.29 is 19.1 Å². The van der Waals surface area contributed by atoms with Crippen LogP contribution in [-0.4, -0.2) is 24.1 Å². The Balaban J connectivity index is 1.35. The molecule has 0 radical (unpaired) electrons. The van der Waals surface area contributed by atoms with Crippen LogP contribution in [0.5, 0.6) is 0 Å². The van der Waals surface area contributed by atoms with E-state index in [-0.39, 0.29) is 42.4 Å². The van der Waals surface area contributed by atoms with E-state index in [1.165, 1.54) is 51.4 Å². The third-order valence-electron chi connectivity index (χ3n) is 11.5. The van der Waals surface area contributed by atoms with Crippen molar-refractivity contribution >= 4 is 11.9 Å². The first kappa shape index (κ1) is 29.7. The Labute approximate surface area is 233 Å². The molecule has 3 fully saturated rings. The lowest BCUT2D eigenvalue weighted by Crippen LogP contribution is -2.51. The van der Waals surface area contributed by atoms with Crippen LogP contribution in [0, 0.1) is 46.3 Å². The standard InChI is InChI=1S/C34H56O4/c1-22(2)9-8-10-24(5)28-13-14-29-27-12-11-25-21-26(38-32(36)16-15-31(35)37-23(3)4)17-19-33(25,6)30(27)18-20-34(28,29)7/h11,22-24,26-30H,8-10,12-21H2,1-7H3/t24?,26-,27?,28?,29?,30?,33-,34+/m0/s1. The van der Waals surface area contributed by atoms with Gasteiger partial charge in [-0.1, -0.05) is 65.5 Å². The molecule has 0 bridgehead atoms. The number of rotatable bonds is 10. The van der Waals surface area contributed by atoms with Gasteiger partial charge in [-0.25, -0.2) is 0 Å². The summed E-state index contributed by atoms with van der Waals surface area (Å²) in [5, 5.41) is 0. The number of hydrogen-bond donors (Lipinski definition) is 0. The minimum atomic E-state index is -0.322. The van der Waals surface area contributed by atoms with Crippen LogP contribution in [0.2, 0.25) is 0 Å². The number of carbonyl (C=O) groups is 2. The van der Waals surface area contributed by atoms with E-state index in [1.807, 2.05) is 13.8 Å². The van der Waals surface area contributed by atoms with Crippen molar-refractivity contribution in [3.63, 3.8) is 0 Å². The van der Waals surface area contributed by atoms with Crippen molar-refractivity contribution in [1.82, 2.24) is 0 Å². The van der Waals surface area contributed by atoms with Crippen LogP contribution < -0.4 is 0 Å². The number of fused-ring (bicyclic) bond motifs is 5. The Morgan fingerprint density at radius 1 is 0.921 bits per heavy atom. The maximum absolute atomic E-state index is 12.5. The van der Waals surface area contributed by atoms with Crippen molar-refractivity contribution in [3.8, 4) is 0 Å². The molecule has 0 aliphatic heterocycles. The predicted molar refractivity (Wildman–Crippen MR) is 153 cm³/mol. The summed E-state index contributed by atoms with van der Waals surface area (Å²) in [7, 11) is 0. The quantitative estimate of drug-likeness (QED) is 0.210. The second kappa shape index (κ2) is 12.0. The molecule has 0 N–H and O–H groups in total. The number of ether oxygens (including phenoxy) is 2. The summed E-state index contributed by atoms with van der Waals surface area (Å²) in [5.41, 5.74) is 2.32. The zero-order chi connectivity index (χ0) is 27.7. The molecule has 4 nitrogen and oxygen atoms in total. The molecule has 0 aromatic heterocycles. The van der Waals surface area contributed by atoms with Gasteiger partial charge in [0.25, 0.3) is 0 Å². The summed E-state index contributed by atoms with van der Waals surface area (Å²) in [4.78, 5) is 24.3. The van der Waals surface area contributed by atoms with Gasteiger partial charge in [-0.3, -0.25) is 9.59 Å². The molecule has 38 heavy (non-hydrogen) atoms. The molecule has 4 heteroatoms. The first-order chi connectivity index (χ1) is 17.9. The monoisotopic (exact) mass is 528 g/mol. The molecule has 0 aromatic rings. The van der Waals surface area contributed by atoms with Crippen LogP contribution in [0.4, 0.5) is 0 Å². The fraction of sp³-hybridized carbons (Fsp3) is 0.882. The highest BCUT2D eigenvalue weighted by Crippen LogP contribution is 2.67. The van der Waals surface area contributed by atoms with Crippen LogP contribution in [0.1, 0.15) is 132 Å². The largest absolute Gasteiger partial charge is 0.463 e. The highest BCUT2D eigenvalue weighted by Gasteiger charge is 2.59. The van der Waals surface area contributed by atoms with Crippen LogP contribution >= 0.6 is 0 Å². The van der Waals surface area contributed by atoms with Gasteiger partial charge in [0, 0.05) is 6.42 Å². The second-order valence-corrected chi connectivity index (χ2v) is 14.7. The fourth-order valence-corrected chi connectivity index (χ4v) is 9.52. The lowest BCUT2D eigenvalue weighted by atomic mass is 9.47. The van der Waals surface area contributed by atoms with Gasteiger partial charge < -0.3 is 9.47 Å². The Hall–Kier alpha value is -1.32. The minimum absolute atomic E-state index is 0.0455. The minimum Gasteiger partial charge on any atom is -0.463 e. The van der Waals surface area contributed by atoms with Gasteiger partial charge in [-0.15, -0.1) is 0 Å². The van der Waals surface area contributed by atoms with Crippen LogP contribution in [-0.2, 0) is 19.1 Å². The van der Waals surface area contributed by atoms with E-state index in [0.717, 1.165) is 54.8 Å². The molecule has 5 unspecified atom stereocenters. The lowest BCUT2D eigenvalue weighted by molar-refractivity contribution is -0.156.